The summed E-state index contributed by atoms with van der Waals surface area (Å²) < 4.78 is 24.2. The number of benzene rings is 3. The minimum Gasteiger partial charge on any atom is -0.504 e. The van der Waals surface area contributed by atoms with Gasteiger partial charge in [-0.15, -0.1) is 0 Å². The van der Waals surface area contributed by atoms with Crippen LogP contribution < -0.4 is 20.1 Å². The predicted molar refractivity (Wildman–Crippen MR) is 118 cm³/mol. The van der Waals surface area contributed by atoms with E-state index in [1.807, 2.05) is 0 Å². The number of urea groups is 1. The minimum absolute atomic E-state index is 0.0559. The van der Waals surface area contributed by atoms with Gasteiger partial charge in [0, 0.05) is 17.8 Å². The van der Waals surface area contributed by atoms with Gasteiger partial charge in [0.1, 0.15) is 17.9 Å². The van der Waals surface area contributed by atoms with Crippen LogP contribution in [0.25, 0.3) is 10.9 Å². The Morgan fingerprint density at radius 3 is 2.69 bits per heavy atom. The first-order valence-electron chi connectivity index (χ1n) is 9.25. The fourth-order valence-corrected chi connectivity index (χ4v) is 3.13. The third kappa shape index (κ3) is 4.62. The molecule has 0 fully saturated rings. The standard InChI is InChI=1S/C22H16ClFN4O4/c1-31-20-9-15-18(10-19(20)29)25-11-26-21(15)32-14-5-6-17(16(23)8-14)28-22(30)27-13-4-2-3-12(24)7-13/h2-11,29H,1H3,(H2,27,28,30). The van der Waals surface area contributed by atoms with Crippen LogP contribution in [0, 0.1) is 5.82 Å². The van der Waals surface area contributed by atoms with Crippen LogP contribution in [-0.2, 0) is 0 Å². The van der Waals surface area contributed by atoms with E-state index in [0.717, 1.165) is 0 Å². The third-order valence-corrected chi connectivity index (χ3v) is 4.70. The molecule has 0 aliphatic rings. The Kier molecular flexibility index (Phi) is 5.91. The van der Waals surface area contributed by atoms with Gasteiger partial charge in [-0.25, -0.2) is 19.2 Å². The van der Waals surface area contributed by atoms with Crippen molar-refractivity contribution in [2.75, 3.05) is 17.7 Å². The van der Waals surface area contributed by atoms with Crippen molar-refractivity contribution < 1.29 is 23.8 Å². The Bertz CT molecular complexity index is 1320. The molecule has 8 nitrogen and oxygen atoms in total. The summed E-state index contributed by atoms with van der Waals surface area (Å²) >= 11 is 6.29. The molecule has 0 spiro atoms. The van der Waals surface area contributed by atoms with Crippen molar-refractivity contribution >= 4 is 39.9 Å². The number of amides is 2. The van der Waals surface area contributed by atoms with Crippen molar-refractivity contribution in [1.82, 2.24) is 9.97 Å². The number of anilines is 2. The molecule has 0 atom stereocenters. The van der Waals surface area contributed by atoms with Crippen molar-refractivity contribution in [3.05, 3.63) is 71.8 Å². The molecule has 3 N–H and O–H groups in total. The summed E-state index contributed by atoms with van der Waals surface area (Å²) in [5.74, 6) is 0.318. The maximum atomic E-state index is 13.3. The van der Waals surface area contributed by atoms with Crippen molar-refractivity contribution in [3.63, 3.8) is 0 Å². The van der Waals surface area contributed by atoms with E-state index >= 15 is 0 Å². The second-order valence-electron chi connectivity index (χ2n) is 6.55. The largest absolute Gasteiger partial charge is 0.504 e. The molecule has 0 saturated carbocycles. The number of nitrogens with one attached hydrogen (secondary N) is 2. The number of nitrogens with zero attached hydrogens (tertiary/aromatic N) is 2. The van der Waals surface area contributed by atoms with Crippen molar-refractivity contribution in [1.29, 1.82) is 0 Å². The van der Waals surface area contributed by atoms with Crippen molar-refractivity contribution in [2.45, 2.75) is 0 Å². The molecule has 0 bridgehead atoms. The molecular weight excluding hydrogens is 439 g/mol. The number of phenolic OH excluding ortho intramolecular Hbond substituents is 1. The predicted octanol–water partition coefficient (Wildman–Crippen LogP) is 5.57. The zero-order valence-corrected chi connectivity index (χ0v) is 17.4. The number of aromatic hydroxyl groups is 1. The topological polar surface area (TPSA) is 106 Å². The Morgan fingerprint density at radius 1 is 1.09 bits per heavy atom. The first kappa shape index (κ1) is 21.1. The van der Waals surface area contributed by atoms with Gasteiger partial charge in [0.05, 0.1) is 28.7 Å². The second kappa shape index (κ2) is 8.94. The van der Waals surface area contributed by atoms with Gasteiger partial charge in [-0.1, -0.05) is 17.7 Å². The summed E-state index contributed by atoms with van der Waals surface area (Å²) in [5, 5.41) is 15.8. The van der Waals surface area contributed by atoms with E-state index in [1.165, 1.54) is 43.8 Å². The number of hydrogen-bond acceptors (Lipinski definition) is 6. The number of fused-ring (bicyclic) bond motifs is 1. The summed E-state index contributed by atoms with van der Waals surface area (Å²) in [5.41, 5.74) is 1.09. The highest BCUT2D eigenvalue weighted by molar-refractivity contribution is 6.34. The molecule has 1 heterocycles. The van der Waals surface area contributed by atoms with Crippen LogP contribution in [0.5, 0.6) is 23.1 Å². The number of carbonyl (C=O) groups is 1. The molecule has 10 heteroatoms. The van der Waals surface area contributed by atoms with E-state index in [9.17, 15) is 14.3 Å². The summed E-state index contributed by atoms with van der Waals surface area (Å²) in [4.78, 5) is 20.4. The molecule has 0 saturated heterocycles. The van der Waals surface area contributed by atoms with E-state index in [0.29, 0.717) is 28.0 Å². The Hall–Kier alpha value is -4.11. The maximum Gasteiger partial charge on any atom is 0.323 e. The number of carbonyl (C=O) groups excluding carboxylic acids is 1. The number of halogens is 2. The van der Waals surface area contributed by atoms with Crippen molar-refractivity contribution in [3.8, 4) is 23.1 Å². The lowest BCUT2D eigenvalue weighted by Gasteiger charge is -2.12. The molecular formula is C22H16ClFN4O4. The van der Waals surface area contributed by atoms with Crippen molar-refractivity contribution in [2.24, 2.45) is 0 Å². The number of phenols is 1. The molecule has 1 aromatic heterocycles. The summed E-state index contributed by atoms with van der Waals surface area (Å²) in [6, 6.07) is 12.6. The van der Waals surface area contributed by atoms with Gasteiger partial charge in [0.15, 0.2) is 11.5 Å². The van der Waals surface area contributed by atoms with Gasteiger partial charge < -0.3 is 25.2 Å². The van der Waals surface area contributed by atoms with Crippen LogP contribution in [0.2, 0.25) is 5.02 Å². The normalized spacial score (nSPS) is 10.6. The number of rotatable bonds is 5. The monoisotopic (exact) mass is 454 g/mol. The van der Waals surface area contributed by atoms with Crippen LogP contribution in [-0.4, -0.2) is 28.2 Å². The maximum absolute atomic E-state index is 13.3. The Morgan fingerprint density at radius 2 is 1.94 bits per heavy atom. The SMILES string of the molecule is COc1cc2c(Oc3ccc(NC(=O)Nc4cccc(F)c4)c(Cl)c3)ncnc2cc1O. The van der Waals surface area contributed by atoms with E-state index in [-0.39, 0.29) is 22.4 Å². The third-order valence-electron chi connectivity index (χ3n) is 4.39. The molecule has 2 amide bonds. The Labute approximate surface area is 186 Å². The highest BCUT2D eigenvalue weighted by atomic mass is 35.5. The smallest absolute Gasteiger partial charge is 0.323 e. The first-order valence-corrected chi connectivity index (χ1v) is 9.63. The van der Waals surface area contributed by atoms with E-state index in [1.54, 1.807) is 24.3 Å². The summed E-state index contributed by atoms with van der Waals surface area (Å²) in [6.45, 7) is 0. The fraction of sp³-hybridized carbons (Fsp3) is 0.0455. The lowest BCUT2D eigenvalue weighted by Crippen LogP contribution is -2.19. The highest BCUT2D eigenvalue weighted by Crippen LogP contribution is 2.36. The lowest BCUT2D eigenvalue weighted by molar-refractivity contribution is 0.262. The van der Waals surface area contributed by atoms with Crippen LogP contribution in [0.3, 0.4) is 0 Å². The number of hydrogen-bond donors (Lipinski definition) is 3. The van der Waals surface area contributed by atoms with Crippen LogP contribution in [0.1, 0.15) is 0 Å². The lowest BCUT2D eigenvalue weighted by atomic mass is 10.2. The van der Waals surface area contributed by atoms with Gasteiger partial charge in [-0.2, -0.15) is 0 Å². The molecule has 32 heavy (non-hydrogen) atoms. The summed E-state index contributed by atoms with van der Waals surface area (Å²) in [7, 11) is 1.43. The second-order valence-corrected chi connectivity index (χ2v) is 6.96. The van der Waals surface area contributed by atoms with Gasteiger partial charge in [-0.05, 0) is 36.4 Å². The van der Waals surface area contributed by atoms with Crippen LogP contribution >= 0.6 is 11.6 Å². The zero-order valence-electron chi connectivity index (χ0n) is 16.6. The fourth-order valence-electron chi connectivity index (χ4n) is 2.92. The molecule has 0 aliphatic heterocycles. The summed E-state index contributed by atoms with van der Waals surface area (Å²) in [6.07, 6.45) is 1.30. The average molecular weight is 455 g/mol. The molecule has 4 aromatic rings. The van der Waals surface area contributed by atoms with Gasteiger partial charge in [-0.3, -0.25) is 0 Å². The zero-order chi connectivity index (χ0) is 22.7. The highest BCUT2D eigenvalue weighted by Gasteiger charge is 2.13. The van der Waals surface area contributed by atoms with Gasteiger partial charge >= 0.3 is 6.03 Å². The number of aromatic nitrogens is 2. The Balaban J connectivity index is 1.52. The van der Waals surface area contributed by atoms with Crippen LogP contribution in [0.4, 0.5) is 20.6 Å². The van der Waals surface area contributed by atoms with E-state index in [4.69, 9.17) is 21.1 Å². The van der Waals surface area contributed by atoms with E-state index < -0.39 is 11.8 Å². The molecule has 4 rings (SSSR count). The molecule has 0 aliphatic carbocycles. The number of methoxy groups -OCH3 is 1. The minimum atomic E-state index is -0.583. The molecule has 162 valence electrons. The first-order chi connectivity index (χ1) is 15.4. The van der Waals surface area contributed by atoms with E-state index in [2.05, 4.69) is 20.6 Å². The molecule has 0 unspecified atom stereocenters. The van der Waals surface area contributed by atoms with Gasteiger partial charge in [0.25, 0.3) is 0 Å². The average Bonchev–Trinajstić information content (AvgIpc) is 2.75. The number of ether oxygens (including phenoxy) is 2. The molecule has 0 radical (unpaired) electrons. The van der Waals surface area contributed by atoms with Gasteiger partial charge in [0.2, 0.25) is 5.88 Å². The molecule has 3 aromatic carbocycles. The quantitative estimate of drug-likeness (QED) is 0.364. The van der Waals surface area contributed by atoms with Crippen LogP contribution in [0.15, 0.2) is 60.9 Å².